The third-order valence-corrected chi connectivity index (χ3v) is 4.53. The molecule has 0 aromatic heterocycles. The number of nitrogens with zero attached hydrogens (tertiary/aromatic N) is 1. The second kappa shape index (κ2) is 7.21. The summed E-state index contributed by atoms with van der Waals surface area (Å²) in [6.07, 6.45) is 6.57. The van der Waals surface area contributed by atoms with Gasteiger partial charge in [-0.3, -0.25) is 4.90 Å². The van der Waals surface area contributed by atoms with E-state index in [0.717, 1.165) is 39.1 Å². The summed E-state index contributed by atoms with van der Waals surface area (Å²) in [6.45, 7) is 3.81. The molecule has 1 aliphatic heterocycles. The molecule has 2 aliphatic rings. The third kappa shape index (κ3) is 3.54. The molecule has 0 saturated carbocycles. The van der Waals surface area contributed by atoms with E-state index < -0.39 is 0 Å². The van der Waals surface area contributed by atoms with Gasteiger partial charge in [-0.1, -0.05) is 30.3 Å². The van der Waals surface area contributed by atoms with Crippen molar-refractivity contribution < 1.29 is 9.84 Å². The number of rotatable bonds is 6. The number of hydrogen-bond acceptors (Lipinski definition) is 3. The van der Waals surface area contributed by atoms with Gasteiger partial charge >= 0.3 is 0 Å². The maximum absolute atomic E-state index is 9.19. The van der Waals surface area contributed by atoms with Crippen molar-refractivity contribution >= 4 is 0 Å². The van der Waals surface area contributed by atoms with Gasteiger partial charge in [-0.2, -0.15) is 0 Å². The predicted octanol–water partition coefficient (Wildman–Crippen LogP) is 2.71. The van der Waals surface area contributed by atoms with Crippen LogP contribution in [0.4, 0.5) is 0 Å². The Hall–Kier alpha value is -1.16. The van der Waals surface area contributed by atoms with Crippen LogP contribution in [0.1, 0.15) is 36.4 Å². The minimum atomic E-state index is 0.264. The number of ether oxygens (including phenoxy) is 1. The lowest BCUT2D eigenvalue weighted by Gasteiger charge is -2.31. The standard InChI is InChI=1S/C18H25NO2/c20-11-4-10-19(13-15-5-3-12-21-14-15)18-9-8-16-6-1-2-7-17(16)18/h1-2,5-7,18,20H,3-4,8-14H2. The molecule has 21 heavy (non-hydrogen) atoms. The molecule has 1 atom stereocenters. The van der Waals surface area contributed by atoms with Gasteiger partial charge in [0.1, 0.15) is 0 Å². The second-order valence-electron chi connectivity index (χ2n) is 6.00. The monoisotopic (exact) mass is 287 g/mol. The first-order valence-electron chi connectivity index (χ1n) is 8.07. The van der Waals surface area contributed by atoms with Gasteiger partial charge in [0.05, 0.1) is 13.2 Å². The summed E-state index contributed by atoms with van der Waals surface area (Å²) in [5.74, 6) is 0. The lowest BCUT2D eigenvalue weighted by molar-refractivity contribution is 0.131. The number of fused-ring (bicyclic) bond motifs is 1. The fraction of sp³-hybridized carbons (Fsp3) is 0.556. The summed E-state index contributed by atoms with van der Waals surface area (Å²) in [5.41, 5.74) is 4.36. The van der Waals surface area contributed by atoms with Gasteiger partial charge in [0.25, 0.3) is 0 Å². The molecule has 0 radical (unpaired) electrons. The van der Waals surface area contributed by atoms with Crippen LogP contribution in [0.5, 0.6) is 0 Å². The Balaban J connectivity index is 1.74. The number of benzene rings is 1. The van der Waals surface area contributed by atoms with E-state index in [9.17, 15) is 5.11 Å². The molecule has 3 nitrogen and oxygen atoms in total. The Morgan fingerprint density at radius 2 is 2.19 bits per heavy atom. The molecular formula is C18H25NO2. The van der Waals surface area contributed by atoms with Crippen molar-refractivity contribution in [3.63, 3.8) is 0 Å². The van der Waals surface area contributed by atoms with E-state index in [2.05, 4.69) is 35.2 Å². The van der Waals surface area contributed by atoms with E-state index in [4.69, 9.17) is 4.74 Å². The van der Waals surface area contributed by atoms with E-state index in [1.165, 1.54) is 29.5 Å². The molecular weight excluding hydrogens is 262 g/mol. The van der Waals surface area contributed by atoms with Gasteiger partial charge in [-0.25, -0.2) is 0 Å². The number of aryl methyl sites for hydroxylation is 1. The molecule has 114 valence electrons. The largest absolute Gasteiger partial charge is 0.396 e. The SMILES string of the molecule is OCCCN(CC1=CCCOC1)C1CCc2ccccc21. The highest BCUT2D eigenvalue weighted by Crippen LogP contribution is 2.36. The van der Waals surface area contributed by atoms with Crippen LogP contribution in [0.25, 0.3) is 0 Å². The summed E-state index contributed by atoms with van der Waals surface area (Å²) in [6, 6.07) is 9.30. The van der Waals surface area contributed by atoms with Crippen LogP contribution in [-0.2, 0) is 11.2 Å². The summed E-state index contributed by atoms with van der Waals surface area (Å²) in [4.78, 5) is 2.53. The summed E-state index contributed by atoms with van der Waals surface area (Å²) in [7, 11) is 0. The minimum absolute atomic E-state index is 0.264. The highest BCUT2D eigenvalue weighted by atomic mass is 16.5. The summed E-state index contributed by atoms with van der Waals surface area (Å²) < 4.78 is 5.58. The molecule has 1 aromatic carbocycles. The van der Waals surface area contributed by atoms with Crippen molar-refractivity contribution in [2.24, 2.45) is 0 Å². The average Bonchev–Trinajstić information content (AvgIpc) is 2.96. The average molecular weight is 287 g/mol. The van der Waals surface area contributed by atoms with Crippen LogP contribution in [-0.4, -0.2) is 42.9 Å². The van der Waals surface area contributed by atoms with Gasteiger partial charge in [-0.05, 0) is 42.4 Å². The predicted molar refractivity (Wildman–Crippen MR) is 84.3 cm³/mol. The summed E-state index contributed by atoms with van der Waals surface area (Å²) >= 11 is 0. The third-order valence-electron chi connectivity index (χ3n) is 4.53. The zero-order valence-corrected chi connectivity index (χ0v) is 12.6. The molecule has 0 fully saturated rings. The molecule has 0 saturated heterocycles. The lowest BCUT2D eigenvalue weighted by atomic mass is 10.1. The Morgan fingerprint density at radius 3 is 3.00 bits per heavy atom. The highest BCUT2D eigenvalue weighted by molar-refractivity contribution is 5.34. The molecule has 0 amide bonds. The van der Waals surface area contributed by atoms with Crippen molar-refractivity contribution in [1.82, 2.24) is 4.90 Å². The molecule has 1 N–H and O–H groups in total. The van der Waals surface area contributed by atoms with E-state index in [-0.39, 0.29) is 6.61 Å². The van der Waals surface area contributed by atoms with Crippen molar-refractivity contribution in [2.45, 2.75) is 31.7 Å². The van der Waals surface area contributed by atoms with Crippen LogP contribution in [0.2, 0.25) is 0 Å². The van der Waals surface area contributed by atoms with E-state index in [1.54, 1.807) is 0 Å². The van der Waals surface area contributed by atoms with E-state index in [0.29, 0.717) is 6.04 Å². The first kappa shape index (κ1) is 14.8. The fourth-order valence-electron chi connectivity index (χ4n) is 3.51. The topological polar surface area (TPSA) is 32.7 Å². The van der Waals surface area contributed by atoms with E-state index in [1.807, 2.05) is 0 Å². The van der Waals surface area contributed by atoms with Crippen LogP contribution >= 0.6 is 0 Å². The van der Waals surface area contributed by atoms with Crippen LogP contribution in [0, 0.1) is 0 Å². The first-order chi connectivity index (χ1) is 10.4. The van der Waals surface area contributed by atoms with Crippen LogP contribution in [0.3, 0.4) is 0 Å². The number of aliphatic hydroxyl groups is 1. The van der Waals surface area contributed by atoms with Crippen molar-refractivity contribution in [3.05, 3.63) is 47.0 Å². The molecule has 1 aromatic rings. The Morgan fingerprint density at radius 1 is 1.29 bits per heavy atom. The first-order valence-corrected chi connectivity index (χ1v) is 8.07. The molecule has 0 spiro atoms. The fourth-order valence-corrected chi connectivity index (χ4v) is 3.51. The Bertz CT molecular complexity index is 498. The van der Waals surface area contributed by atoms with Crippen molar-refractivity contribution in [2.75, 3.05) is 32.9 Å². The maximum atomic E-state index is 9.19. The summed E-state index contributed by atoms with van der Waals surface area (Å²) in [5, 5.41) is 9.19. The number of hydrogen-bond donors (Lipinski definition) is 1. The Kier molecular flexibility index (Phi) is 5.07. The van der Waals surface area contributed by atoms with Crippen molar-refractivity contribution in [3.8, 4) is 0 Å². The number of aliphatic hydroxyl groups excluding tert-OH is 1. The zero-order chi connectivity index (χ0) is 14.5. The molecule has 1 aliphatic carbocycles. The van der Waals surface area contributed by atoms with Gasteiger partial charge in [0.15, 0.2) is 0 Å². The quantitative estimate of drug-likeness (QED) is 0.817. The van der Waals surface area contributed by atoms with Crippen LogP contribution in [0.15, 0.2) is 35.9 Å². The van der Waals surface area contributed by atoms with Gasteiger partial charge < -0.3 is 9.84 Å². The molecule has 1 heterocycles. The van der Waals surface area contributed by atoms with Gasteiger partial charge in [-0.15, -0.1) is 0 Å². The van der Waals surface area contributed by atoms with E-state index >= 15 is 0 Å². The van der Waals surface area contributed by atoms with Crippen LogP contribution < -0.4 is 0 Å². The second-order valence-corrected chi connectivity index (χ2v) is 6.00. The van der Waals surface area contributed by atoms with Gasteiger partial charge in [0, 0.05) is 25.7 Å². The van der Waals surface area contributed by atoms with Gasteiger partial charge in [0.2, 0.25) is 0 Å². The smallest absolute Gasteiger partial charge is 0.0689 e. The Labute approximate surface area is 127 Å². The zero-order valence-electron chi connectivity index (χ0n) is 12.6. The normalized spacial score (nSPS) is 21.4. The highest BCUT2D eigenvalue weighted by Gasteiger charge is 2.27. The molecule has 3 rings (SSSR count). The maximum Gasteiger partial charge on any atom is 0.0689 e. The lowest BCUT2D eigenvalue weighted by Crippen LogP contribution is -2.32. The molecule has 3 heteroatoms. The molecule has 0 bridgehead atoms. The molecule has 1 unspecified atom stereocenters. The minimum Gasteiger partial charge on any atom is -0.396 e. The van der Waals surface area contributed by atoms with Crippen molar-refractivity contribution in [1.29, 1.82) is 0 Å².